The van der Waals surface area contributed by atoms with Gasteiger partial charge in [0.2, 0.25) is 0 Å². The lowest BCUT2D eigenvalue weighted by molar-refractivity contribution is -0.0399. The van der Waals surface area contributed by atoms with Gasteiger partial charge in [0.25, 0.3) is 0 Å². The second kappa shape index (κ2) is 28.0. The van der Waals surface area contributed by atoms with E-state index in [-0.39, 0.29) is 16.2 Å². The molecule has 0 aliphatic heterocycles. The van der Waals surface area contributed by atoms with Gasteiger partial charge in [-0.2, -0.15) is 0 Å². The molecule has 0 N–H and O–H groups in total. The van der Waals surface area contributed by atoms with E-state index < -0.39 is 0 Å². The molecule has 16 aromatic carbocycles. The molecule has 0 unspecified atom stereocenters. The van der Waals surface area contributed by atoms with Crippen LogP contribution in [0.5, 0.6) is 0 Å². The van der Waals surface area contributed by atoms with Crippen molar-refractivity contribution < 1.29 is 4.42 Å². The first-order chi connectivity index (χ1) is 60.1. The molecule has 8 saturated carbocycles. The van der Waals surface area contributed by atoms with Gasteiger partial charge in [0.1, 0.15) is 11.2 Å². The van der Waals surface area contributed by atoms with Crippen molar-refractivity contribution in [2.75, 3.05) is 9.80 Å². The van der Waals surface area contributed by atoms with Crippen molar-refractivity contribution >= 4 is 56.1 Å². The van der Waals surface area contributed by atoms with E-state index in [1.54, 1.807) is 22.3 Å². The third kappa shape index (κ3) is 11.2. The van der Waals surface area contributed by atoms with Gasteiger partial charge in [-0.15, -0.1) is 0 Å². The summed E-state index contributed by atoms with van der Waals surface area (Å²) in [5, 5.41) is 2.27. The fraction of sp³-hybridized carbons (Fsp3) is 0.193. The van der Waals surface area contributed by atoms with E-state index in [0.29, 0.717) is 0 Å². The maximum absolute atomic E-state index is 6.37. The van der Waals surface area contributed by atoms with E-state index in [1.807, 2.05) is 12.1 Å². The topological polar surface area (TPSA) is 19.6 Å². The summed E-state index contributed by atoms with van der Waals surface area (Å²) in [6, 6.07) is 140. The highest BCUT2D eigenvalue weighted by atomic mass is 16.3. The average Bonchev–Trinajstić information content (AvgIpc) is 1.49. The van der Waals surface area contributed by atoms with Crippen molar-refractivity contribution in [2.45, 2.75) is 94.3 Å². The number of hydrogen-bond acceptors (Lipinski definition) is 3. The number of anilines is 6. The fourth-order valence-corrected chi connectivity index (χ4v) is 26.5. The first-order valence-electron chi connectivity index (χ1n) is 45.1. The van der Waals surface area contributed by atoms with Crippen LogP contribution in [-0.4, -0.2) is 0 Å². The number of nitrogens with zero attached hydrogens (tertiary/aromatic N) is 2. The van der Waals surface area contributed by atoms with Crippen LogP contribution >= 0.6 is 0 Å². The largest absolute Gasteiger partial charge is 0.456 e. The summed E-state index contributed by atoms with van der Waals surface area (Å²) >= 11 is 0. The first-order valence-corrected chi connectivity index (χ1v) is 45.1. The van der Waals surface area contributed by atoms with E-state index in [1.165, 1.54) is 181 Å². The molecular formula is C119H96N2O. The summed E-state index contributed by atoms with van der Waals surface area (Å²) in [6.07, 6.45) is 14.3. The van der Waals surface area contributed by atoms with Crippen LogP contribution < -0.4 is 9.80 Å². The fourth-order valence-electron chi connectivity index (χ4n) is 26.5. The minimum Gasteiger partial charge on any atom is -0.456 e. The predicted molar refractivity (Wildman–Crippen MR) is 506 cm³/mol. The second-order valence-corrected chi connectivity index (χ2v) is 37.9. The van der Waals surface area contributed by atoms with Crippen molar-refractivity contribution in [1.82, 2.24) is 0 Å². The van der Waals surface area contributed by atoms with E-state index >= 15 is 0 Å². The second-order valence-electron chi connectivity index (χ2n) is 37.9. The third-order valence-corrected chi connectivity index (χ3v) is 31.4. The first kappa shape index (κ1) is 71.8. The Balaban J connectivity index is 0.000000134. The normalized spacial score (nSPS) is 22.5. The number of benzene rings is 16. The molecule has 0 saturated heterocycles. The van der Waals surface area contributed by atoms with Crippen molar-refractivity contribution in [3.05, 3.63) is 409 Å². The van der Waals surface area contributed by atoms with Crippen LogP contribution in [0.25, 0.3) is 122 Å². The molecule has 588 valence electrons. The van der Waals surface area contributed by atoms with E-state index in [9.17, 15) is 0 Å². The molecule has 8 fully saturated rings. The van der Waals surface area contributed by atoms with E-state index in [4.69, 9.17) is 4.42 Å². The molecule has 1 aromatic heterocycles. The highest BCUT2D eigenvalue weighted by Gasteiger charge is 2.63. The van der Waals surface area contributed by atoms with Gasteiger partial charge in [-0.3, -0.25) is 0 Å². The molecular weight excluding hydrogens is 1470 g/mol. The number of rotatable bonds is 12. The zero-order valence-corrected chi connectivity index (χ0v) is 69.3. The summed E-state index contributed by atoms with van der Waals surface area (Å²) in [4.78, 5) is 4.78. The summed E-state index contributed by atoms with van der Waals surface area (Å²) < 4.78 is 6.37. The van der Waals surface area contributed by atoms with E-state index in [0.717, 1.165) is 97.7 Å². The van der Waals surface area contributed by atoms with Crippen LogP contribution in [0.4, 0.5) is 34.1 Å². The lowest BCUT2D eigenvalue weighted by Gasteiger charge is -2.61. The summed E-state index contributed by atoms with van der Waals surface area (Å²) in [7, 11) is 0. The van der Waals surface area contributed by atoms with Gasteiger partial charge in [0.15, 0.2) is 0 Å². The highest BCUT2D eigenvalue weighted by molar-refractivity contribution is 6.06. The number of furan rings is 1. The lowest BCUT2D eigenvalue weighted by Crippen LogP contribution is -2.55. The van der Waals surface area contributed by atoms with Gasteiger partial charge in [0.05, 0.1) is 5.69 Å². The van der Waals surface area contributed by atoms with Crippen LogP contribution in [0, 0.1) is 47.3 Å². The summed E-state index contributed by atoms with van der Waals surface area (Å²) in [5.41, 5.74) is 41.6. The average molecular weight is 1570 g/mol. The minimum absolute atomic E-state index is 0.0814. The van der Waals surface area contributed by atoms with Gasteiger partial charge in [-0.1, -0.05) is 299 Å². The molecule has 3 nitrogen and oxygen atoms in total. The van der Waals surface area contributed by atoms with Gasteiger partial charge in [-0.05, 0) is 324 Å². The zero-order chi connectivity index (χ0) is 80.5. The van der Waals surface area contributed by atoms with E-state index in [2.05, 4.69) is 388 Å². The monoisotopic (exact) mass is 1570 g/mol. The standard InChI is InChI=1S/C61H51N.C58H45NO/c1-60(2)54-15-8-7-14-52(54)59-57(60)17-10-18-58(59)62(49-28-23-43(24-29-49)41-11-4-3-5-12-41)50-30-25-44(26-31-50)42-19-21-45(22-20-42)46-27-32-56-53(38-46)51-13-6-9-16-55(51)61(56)47-34-39-33-40(36-47)37-48(61)35-39;1-2-8-39(9-3-1)41-18-23-47(24-19-41)59(49-27-28-52-51-11-5-7-13-56(51)60-57(52)36-49)48-25-20-42(21-26-48)40-14-16-43(17-15-40)44-22-29-55-53(35-44)50-10-4-6-12-54(50)58(55)45-31-37-30-38(33-45)34-46(58)32-37/h3-32,38-40,47-48H,33-37H2,1-2H3;1-29,35-38,45-46H,30-34H2. The third-order valence-electron chi connectivity index (χ3n) is 31.4. The molecule has 0 radical (unpaired) electrons. The molecule has 0 amide bonds. The van der Waals surface area contributed by atoms with Crippen molar-refractivity contribution in [1.29, 1.82) is 0 Å². The number of para-hydroxylation sites is 1. The predicted octanol–water partition coefficient (Wildman–Crippen LogP) is 32.0. The van der Waals surface area contributed by atoms with Crippen LogP contribution in [0.3, 0.4) is 0 Å². The van der Waals surface area contributed by atoms with Gasteiger partial charge >= 0.3 is 0 Å². The SMILES string of the molecule is CC1(C)c2ccccc2-c2c(N(c3ccc(-c4ccccc4)cc3)c3ccc(-c4ccc(-c5ccc6c(c5)-c5ccccc5C65C6CC7CC(C6)CC5C7)cc4)cc3)cccc21.c1ccc(-c2ccc(N(c3ccc(-c4ccc(-c5ccc6c(c5)-c5ccccc5C65C6CC7CC(C6)CC5C7)cc4)cc3)c3ccc4c(c3)oc3ccccc34)cc2)cc1. The molecule has 11 aliphatic rings. The summed E-state index contributed by atoms with van der Waals surface area (Å²) in [5.74, 6) is 7.00. The quantitative estimate of drug-likeness (QED) is 0.122. The van der Waals surface area contributed by atoms with Gasteiger partial charge < -0.3 is 14.2 Å². The van der Waals surface area contributed by atoms with Crippen molar-refractivity contribution in [3.63, 3.8) is 0 Å². The van der Waals surface area contributed by atoms with Crippen LogP contribution in [0.2, 0.25) is 0 Å². The molecule has 11 aliphatic carbocycles. The Kier molecular flexibility index (Phi) is 16.5. The van der Waals surface area contributed by atoms with Gasteiger partial charge in [0, 0.05) is 67.1 Å². The van der Waals surface area contributed by atoms with Crippen LogP contribution in [0.15, 0.2) is 381 Å². The molecule has 2 spiro atoms. The number of hydrogen-bond donors (Lipinski definition) is 0. The number of fused-ring (bicyclic) bond motifs is 12. The van der Waals surface area contributed by atoms with Crippen LogP contribution in [0.1, 0.15) is 111 Å². The molecule has 0 atom stereocenters. The maximum Gasteiger partial charge on any atom is 0.137 e. The molecule has 1 heterocycles. The maximum atomic E-state index is 6.37. The lowest BCUT2D eigenvalue weighted by atomic mass is 9.43. The van der Waals surface area contributed by atoms with Crippen LogP contribution in [-0.2, 0) is 16.2 Å². The van der Waals surface area contributed by atoms with Crippen molar-refractivity contribution in [3.8, 4) is 100 Å². The minimum atomic E-state index is -0.0814. The Hall–Kier alpha value is -13.1. The Morgan fingerprint density at radius 3 is 0.984 bits per heavy atom. The molecule has 122 heavy (non-hydrogen) atoms. The molecule has 8 bridgehead atoms. The molecule has 17 aromatic rings. The Morgan fingerprint density at radius 2 is 0.541 bits per heavy atom. The van der Waals surface area contributed by atoms with Crippen molar-refractivity contribution in [2.24, 2.45) is 47.3 Å². The molecule has 3 heteroatoms. The Labute approximate surface area is 716 Å². The highest BCUT2D eigenvalue weighted by Crippen LogP contribution is 2.72. The zero-order valence-electron chi connectivity index (χ0n) is 69.3. The van der Waals surface area contributed by atoms with Gasteiger partial charge in [-0.25, -0.2) is 0 Å². The Morgan fingerprint density at radius 1 is 0.221 bits per heavy atom. The summed E-state index contributed by atoms with van der Waals surface area (Å²) in [6.45, 7) is 4.73. The smallest absolute Gasteiger partial charge is 0.137 e. The Bertz CT molecular complexity index is 6890. The molecule has 28 rings (SSSR count).